The third kappa shape index (κ3) is 3.45. The van der Waals surface area contributed by atoms with Gasteiger partial charge in [0.1, 0.15) is 5.76 Å². The molecule has 1 aromatic carbocycles. The zero-order valence-corrected chi connectivity index (χ0v) is 12.0. The van der Waals surface area contributed by atoms with Crippen LogP contribution in [0.2, 0.25) is 0 Å². The Balaban J connectivity index is 1.59. The lowest BCUT2D eigenvalue weighted by Crippen LogP contribution is -2.29. The molecule has 0 aliphatic carbocycles. The molecule has 2 aromatic rings. The SMILES string of the molecule is O=C(NCc1ccco1)c1ccc(N2CCCCC2)cc1. The number of carbonyl (C=O) groups is 1. The molecular formula is C17H20N2O2. The fourth-order valence-corrected chi connectivity index (χ4v) is 2.66. The van der Waals surface area contributed by atoms with Crippen LogP contribution in [0.15, 0.2) is 47.1 Å². The number of benzene rings is 1. The largest absolute Gasteiger partial charge is 0.467 e. The highest BCUT2D eigenvalue weighted by molar-refractivity contribution is 5.94. The van der Waals surface area contributed by atoms with Crippen LogP contribution in [-0.2, 0) is 6.54 Å². The van der Waals surface area contributed by atoms with Gasteiger partial charge in [0.15, 0.2) is 0 Å². The first-order valence-corrected chi connectivity index (χ1v) is 7.48. The van der Waals surface area contributed by atoms with Gasteiger partial charge < -0.3 is 14.6 Å². The van der Waals surface area contributed by atoms with Crippen molar-refractivity contribution in [1.82, 2.24) is 5.32 Å². The summed E-state index contributed by atoms with van der Waals surface area (Å²) in [5.74, 6) is 0.685. The Morgan fingerprint density at radius 2 is 1.86 bits per heavy atom. The molecule has 0 spiro atoms. The van der Waals surface area contributed by atoms with Crippen molar-refractivity contribution in [2.75, 3.05) is 18.0 Å². The molecule has 21 heavy (non-hydrogen) atoms. The van der Waals surface area contributed by atoms with Gasteiger partial charge in [0.05, 0.1) is 12.8 Å². The number of hydrogen-bond donors (Lipinski definition) is 1. The van der Waals surface area contributed by atoms with Crippen molar-refractivity contribution in [2.45, 2.75) is 25.8 Å². The van der Waals surface area contributed by atoms with Gasteiger partial charge >= 0.3 is 0 Å². The maximum atomic E-state index is 12.1. The molecule has 110 valence electrons. The molecular weight excluding hydrogens is 264 g/mol. The van der Waals surface area contributed by atoms with Gasteiger partial charge in [0, 0.05) is 24.3 Å². The number of nitrogens with one attached hydrogen (secondary N) is 1. The molecule has 1 amide bonds. The molecule has 4 heteroatoms. The first-order chi connectivity index (χ1) is 10.3. The highest BCUT2D eigenvalue weighted by Crippen LogP contribution is 2.20. The van der Waals surface area contributed by atoms with Crippen molar-refractivity contribution < 1.29 is 9.21 Å². The molecule has 1 aliphatic heterocycles. The van der Waals surface area contributed by atoms with Gasteiger partial charge in [-0.25, -0.2) is 0 Å². The van der Waals surface area contributed by atoms with Crippen LogP contribution >= 0.6 is 0 Å². The van der Waals surface area contributed by atoms with Crippen LogP contribution < -0.4 is 10.2 Å². The molecule has 4 nitrogen and oxygen atoms in total. The van der Waals surface area contributed by atoms with Gasteiger partial charge in [0.2, 0.25) is 0 Å². The molecule has 1 aromatic heterocycles. The van der Waals surface area contributed by atoms with E-state index in [1.54, 1.807) is 6.26 Å². The fraction of sp³-hybridized carbons (Fsp3) is 0.353. The predicted molar refractivity (Wildman–Crippen MR) is 82.4 cm³/mol. The summed E-state index contributed by atoms with van der Waals surface area (Å²) in [5, 5.41) is 2.85. The first kappa shape index (κ1) is 13.7. The van der Waals surface area contributed by atoms with Gasteiger partial charge in [-0.2, -0.15) is 0 Å². The smallest absolute Gasteiger partial charge is 0.251 e. The zero-order valence-electron chi connectivity index (χ0n) is 12.0. The molecule has 2 heterocycles. The van der Waals surface area contributed by atoms with Crippen LogP contribution in [0, 0.1) is 0 Å². The Bertz CT molecular complexity index is 569. The van der Waals surface area contributed by atoms with Gasteiger partial charge in [0.25, 0.3) is 5.91 Å². The molecule has 1 fully saturated rings. The van der Waals surface area contributed by atoms with E-state index in [0.717, 1.165) is 18.8 Å². The first-order valence-electron chi connectivity index (χ1n) is 7.48. The topological polar surface area (TPSA) is 45.5 Å². The Kier molecular flexibility index (Phi) is 4.24. The Morgan fingerprint density at radius 1 is 1.10 bits per heavy atom. The van der Waals surface area contributed by atoms with Gasteiger partial charge in [-0.05, 0) is 55.7 Å². The summed E-state index contributed by atoms with van der Waals surface area (Å²) in [6, 6.07) is 11.5. The van der Waals surface area contributed by atoms with Crippen molar-refractivity contribution in [3.63, 3.8) is 0 Å². The zero-order chi connectivity index (χ0) is 14.5. The van der Waals surface area contributed by atoms with Gasteiger partial charge in [-0.3, -0.25) is 4.79 Å². The van der Waals surface area contributed by atoms with E-state index in [-0.39, 0.29) is 5.91 Å². The molecule has 1 saturated heterocycles. The van der Waals surface area contributed by atoms with Crippen LogP contribution in [0.25, 0.3) is 0 Å². The standard InChI is InChI=1S/C17H20N2O2/c20-17(18-13-16-5-4-12-21-16)14-6-8-15(9-7-14)19-10-2-1-3-11-19/h4-9,12H,1-3,10-11,13H2,(H,18,20). The van der Waals surface area contributed by atoms with E-state index < -0.39 is 0 Å². The van der Waals surface area contributed by atoms with Crippen LogP contribution in [0.5, 0.6) is 0 Å². The normalized spacial score (nSPS) is 15.0. The summed E-state index contributed by atoms with van der Waals surface area (Å²) >= 11 is 0. The molecule has 0 unspecified atom stereocenters. The summed E-state index contributed by atoms with van der Waals surface area (Å²) < 4.78 is 5.20. The molecule has 0 saturated carbocycles. The minimum absolute atomic E-state index is 0.0726. The van der Waals surface area contributed by atoms with Crippen molar-refractivity contribution >= 4 is 11.6 Å². The Hall–Kier alpha value is -2.23. The summed E-state index contributed by atoms with van der Waals surface area (Å²) in [7, 11) is 0. The van der Waals surface area contributed by atoms with E-state index in [1.807, 2.05) is 36.4 Å². The van der Waals surface area contributed by atoms with E-state index >= 15 is 0 Å². The molecule has 1 aliphatic rings. The lowest BCUT2D eigenvalue weighted by molar-refractivity contribution is 0.0948. The van der Waals surface area contributed by atoms with Crippen molar-refractivity contribution in [3.8, 4) is 0 Å². The number of piperidine rings is 1. The highest BCUT2D eigenvalue weighted by Gasteiger charge is 2.12. The van der Waals surface area contributed by atoms with Crippen molar-refractivity contribution in [3.05, 3.63) is 54.0 Å². The molecule has 0 bridgehead atoms. The summed E-state index contributed by atoms with van der Waals surface area (Å²) in [6.45, 7) is 2.65. The fourth-order valence-electron chi connectivity index (χ4n) is 2.66. The van der Waals surface area contributed by atoms with Crippen molar-refractivity contribution in [1.29, 1.82) is 0 Å². The quantitative estimate of drug-likeness (QED) is 0.937. The number of amides is 1. The second kappa shape index (κ2) is 6.48. The minimum atomic E-state index is -0.0726. The molecule has 0 radical (unpaired) electrons. The maximum absolute atomic E-state index is 12.1. The van der Waals surface area contributed by atoms with Crippen LogP contribution in [0.3, 0.4) is 0 Å². The highest BCUT2D eigenvalue weighted by atomic mass is 16.3. The van der Waals surface area contributed by atoms with E-state index in [9.17, 15) is 4.79 Å². The van der Waals surface area contributed by atoms with E-state index in [0.29, 0.717) is 12.1 Å². The third-order valence-corrected chi connectivity index (χ3v) is 3.85. The average Bonchev–Trinajstić information content (AvgIpc) is 3.07. The maximum Gasteiger partial charge on any atom is 0.251 e. The lowest BCUT2D eigenvalue weighted by Gasteiger charge is -2.28. The minimum Gasteiger partial charge on any atom is -0.467 e. The monoisotopic (exact) mass is 284 g/mol. The number of furan rings is 1. The summed E-state index contributed by atoms with van der Waals surface area (Å²) in [4.78, 5) is 14.4. The Labute approximate surface area is 124 Å². The number of nitrogens with zero attached hydrogens (tertiary/aromatic N) is 1. The summed E-state index contributed by atoms with van der Waals surface area (Å²) in [5.41, 5.74) is 1.89. The number of anilines is 1. The van der Waals surface area contributed by atoms with E-state index in [4.69, 9.17) is 4.42 Å². The second-order valence-electron chi connectivity index (χ2n) is 5.36. The molecule has 1 N–H and O–H groups in total. The van der Waals surface area contributed by atoms with Crippen LogP contribution in [-0.4, -0.2) is 19.0 Å². The second-order valence-corrected chi connectivity index (χ2v) is 5.36. The van der Waals surface area contributed by atoms with Gasteiger partial charge in [-0.15, -0.1) is 0 Å². The number of hydrogen-bond acceptors (Lipinski definition) is 3. The summed E-state index contributed by atoms with van der Waals surface area (Å²) in [6.07, 6.45) is 5.44. The van der Waals surface area contributed by atoms with Crippen molar-refractivity contribution in [2.24, 2.45) is 0 Å². The Morgan fingerprint density at radius 3 is 2.52 bits per heavy atom. The number of rotatable bonds is 4. The lowest BCUT2D eigenvalue weighted by atomic mass is 10.1. The molecule has 0 atom stereocenters. The molecule has 3 rings (SSSR count). The average molecular weight is 284 g/mol. The van der Waals surface area contributed by atoms with Crippen LogP contribution in [0.4, 0.5) is 5.69 Å². The van der Waals surface area contributed by atoms with E-state index in [2.05, 4.69) is 10.2 Å². The predicted octanol–water partition coefficient (Wildman–Crippen LogP) is 3.20. The third-order valence-electron chi connectivity index (χ3n) is 3.85. The van der Waals surface area contributed by atoms with E-state index in [1.165, 1.54) is 24.9 Å². The van der Waals surface area contributed by atoms with Crippen LogP contribution in [0.1, 0.15) is 35.4 Å². The number of carbonyl (C=O) groups excluding carboxylic acids is 1. The van der Waals surface area contributed by atoms with Gasteiger partial charge in [-0.1, -0.05) is 0 Å².